The van der Waals surface area contributed by atoms with Crippen LogP contribution in [0.1, 0.15) is 38.2 Å². The average molecular weight is 321 g/mol. The van der Waals surface area contributed by atoms with Gasteiger partial charge in [0.25, 0.3) is 0 Å². The molecule has 0 bridgehead atoms. The van der Waals surface area contributed by atoms with Gasteiger partial charge >= 0.3 is 12.1 Å². The van der Waals surface area contributed by atoms with E-state index in [0.717, 1.165) is 18.4 Å². The predicted molar refractivity (Wildman–Crippen MR) is 84.7 cm³/mol. The highest BCUT2D eigenvalue weighted by Gasteiger charge is 2.24. The molecule has 6 nitrogen and oxygen atoms in total. The number of carbonyl (C=O) groups excluding carboxylic acids is 3. The molecule has 23 heavy (non-hydrogen) atoms. The fourth-order valence-electron chi connectivity index (χ4n) is 1.95. The number of hydrogen-bond acceptors (Lipinski definition) is 5. The molecule has 126 valence electrons. The van der Waals surface area contributed by atoms with Crippen molar-refractivity contribution in [2.45, 2.75) is 45.3 Å². The lowest BCUT2D eigenvalue weighted by Crippen LogP contribution is -2.43. The van der Waals surface area contributed by atoms with Gasteiger partial charge in [-0.15, -0.1) is 0 Å². The largest absolute Gasteiger partial charge is 0.467 e. The van der Waals surface area contributed by atoms with E-state index in [0.29, 0.717) is 6.42 Å². The summed E-state index contributed by atoms with van der Waals surface area (Å²) in [6, 6.07) is 8.14. The first-order valence-electron chi connectivity index (χ1n) is 7.63. The second-order valence-corrected chi connectivity index (χ2v) is 5.13. The maximum Gasteiger partial charge on any atom is 0.408 e. The number of carbonyl (C=O) groups is 3. The van der Waals surface area contributed by atoms with Crippen LogP contribution in [-0.4, -0.2) is 31.0 Å². The van der Waals surface area contributed by atoms with Crippen LogP contribution < -0.4 is 5.32 Å². The lowest BCUT2D eigenvalue weighted by Gasteiger charge is -2.15. The van der Waals surface area contributed by atoms with Crippen molar-refractivity contribution in [1.82, 2.24) is 5.32 Å². The van der Waals surface area contributed by atoms with E-state index in [9.17, 15) is 14.4 Å². The Morgan fingerprint density at radius 3 is 2.48 bits per heavy atom. The molecule has 1 aromatic rings. The second-order valence-electron chi connectivity index (χ2n) is 5.13. The Labute approximate surface area is 136 Å². The van der Waals surface area contributed by atoms with E-state index in [-0.39, 0.29) is 18.8 Å². The highest BCUT2D eigenvalue weighted by Crippen LogP contribution is 2.05. The number of hydrogen-bond donors (Lipinski definition) is 1. The van der Waals surface area contributed by atoms with Crippen LogP contribution in [0.15, 0.2) is 30.3 Å². The van der Waals surface area contributed by atoms with Crippen molar-refractivity contribution in [3.05, 3.63) is 35.9 Å². The Kier molecular flexibility index (Phi) is 8.42. The molecule has 1 unspecified atom stereocenters. The summed E-state index contributed by atoms with van der Waals surface area (Å²) in [5.41, 5.74) is 0.830. The Bertz CT molecular complexity index is 515. The third-order valence-electron chi connectivity index (χ3n) is 3.23. The van der Waals surface area contributed by atoms with Crippen LogP contribution in [-0.2, 0) is 25.7 Å². The minimum absolute atomic E-state index is 0.0876. The van der Waals surface area contributed by atoms with Crippen molar-refractivity contribution in [1.29, 1.82) is 0 Å². The number of nitrogens with one attached hydrogen (secondary N) is 1. The molecule has 0 saturated carbocycles. The van der Waals surface area contributed by atoms with E-state index in [1.165, 1.54) is 7.11 Å². The number of rotatable bonds is 9. The van der Waals surface area contributed by atoms with E-state index in [2.05, 4.69) is 10.1 Å². The third-order valence-corrected chi connectivity index (χ3v) is 3.23. The molecule has 0 fully saturated rings. The molecule has 0 saturated heterocycles. The van der Waals surface area contributed by atoms with Gasteiger partial charge in [-0.05, 0) is 12.0 Å². The fraction of sp³-hybridized carbons (Fsp3) is 0.471. The summed E-state index contributed by atoms with van der Waals surface area (Å²) < 4.78 is 9.67. The molecule has 1 aromatic carbocycles. The lowest BCUT2D eigenvalue weighted by molar-refractivity contribution is -0.144. The number of unbranched alkanes of at least 4 members (excludes halogenated alkanes) is 1. The molecule has 0 aliphatic carbocycles. The summed E-state index contributed by atoms with van der Waals surface area (Å²) in [5.74, 6) is -0.753. The smallest absolute Gasteiger partial charge is 0.408 e. The summed E-state index contributed by atoms with van der Waals surface area (Å²) in [6.07, 6.45) is 1.18. The number of ketones is 1. The van der Waals surface area contributed by atoms with E-state index in [1.54, 1.807) is 0 Å². The van der Waals surface area contributed by atoms with Gasteiger partial charge in [-0.2, -0.15) is 0 Å². The number of methoxy groups -OCH3 is 1. The first kappa shape index (κ1) is 18.7. The SMILES string of the molecule is CCCCC(=O)CC(NC(=O)OCc1ccccc1)C(=O)OC. The van der Waals surface area contributed by atoms with Gasteiger partial charge < -0.3 is 14.8 Å². The summed E-state index contributed by atoms with van der Waals surface area (Å²) in [7, 11) is 1.21. The number of benzene rings is 1. The monoisotopic (exact) mass is 321 g/mol. The van der Waals surface area contributed by atoms with Gasteiger partial charge in [-0.1, -0.05) is 43.7 Å². The number of amides is 1. The van der Waals surface area contributed by atoms with E-state index >= 15 is 0 Å². The standard InChI is InChI=1S/C17H23NO5/c1-3-4-10-14(19)11-15(16(20)22-2)18-17(21)23-12-13-8-6-5-7-9-13/h5-9,15H,3-4,10-12H2,1-2H3,(H,18,21). The Morgan fingerprint density at radius 1 is 1.17 bits per heavy atom. The van der Waals surface area contributed by atoms with Crippen molar-refractivity contribution in [3.8, 4) is 0 Å². The topological polar surface area (TPSA) is 81.7 Å². The average Bonchev–Trinajstić information content (AvgIpc) is 2.57. The molecular weight excluding hydrogens is 298 g/mol. The zero-order valence-corrected chi connectivity index (χ0v) is 13.5. The van der Waals surface area contributed by atoms with E-state index in [4.69, 9.17) is 4.74 Å². The molecule has 6 heteroatoms. The Hall–Kier alpha value is -2.37. The van der Waals surface area contributed by atoms with Gasteiger partial charge in [0.15, 0.2) is 0 Å². The summed E-state index contributed by atoms with van der Waals surface area (Å²) in [4.78, 5) is 35.3. The highest BCUT2D eigenvalue weighted by molar-refractivity contribution is 5.88. The normalized spacial score (nSPS) is 11.4. The van der Waals surface area contributed by atoms with Gasteiger partial charge in [0.05, 0.1) is 7.11 Å². The maximum atomic E-state index is 11.8. The molecule has 1 atom stereocenters. The summed E-state index contributed by atoms with van der Waals surface area (Å²) in [6.45, 7) is 2.06. The molecule has 0 aliphatic rings. The van der Waals surface area contributed by atoms with E-state index in [1.807, 2.05) is 37.3 Å². The molecule has 1 amide bonds. The lowest BCUT2D eigenvalue weighted by atomic mass is 10.1. The Balaban J connectivity index is 2.50. The maximum absolute atomic E-state index is 11.8. The number of Topliss-reactive ketones (excluding diaryl/α,β-unsaturated/α-hetero) is 1. The van der Waals surface area contributed by atoms with Gasteiger partial charge in [0.1, 0.15) is 18.4 Å². The minimum atomic E-state index is -1.02. The van der Waals surface area contributed by atoms with Crippen molar-refractivity contribution >= 4 is 17.8 Å². The quantitative estimate of drug-likeness (QED) is 0.707. The van der Waals surface area contributed by atoms with Crippen LogP contribution in [0, 0.1) is 0 Å². The predicted octanol–water partition coefficient (Wildman–Crippen LogP) is 2.60. The van der Waals surface area contributed by atoms with Gasteiger partial charge in [-0.25, -0.2) is 9.59 Å². The second kappa shape index (κ2) is 10.4. The molecule has 0 aliphatic heterocycles. The van der Waals surface area contributed by atoms with Crippen LogP contribution in [0.4, 0.5) is 4.79 Å². The van der Waals surface area contributed by atoms with Crippen LogP contribution in [0.5, 0.6) is 0 Å². The third kappa shape index (κ3) is 7.44. The van der Waals surface area contributed by atoms with Gasteiger partial charge in [0.2, 0.25) is 0 Å². The van der Waals surface area contributed by atoms with Crippen molar-refractivity contribution < 1.29 is 23.9 Å². The number of ether oxygens (including phenoxy) is 2. The van der Waals surface area contributed by atoms with Crippen LogP contribution in [0.25, 0.3) is 0 Å². The molecule has 0 radical (unpaired) electrons. The summed E-state index contributed by atoms with van der Waals surface area (Å²) in [5, 5.41) is 2.39. The minimum Gasteiger partial charge on any atom is -0.467 e. The fourth-order valence-corrected chi connectivity index (χ4v) is 1.95. The zero-order chi connectivity index (χ0) is 17.1. The van der Waals surface area contributed by atoms with Crippen LogP contribution >= 0.6 is 0 Å². The molecule has 0 heterocycles. The van der Waals surface area contributed by atoms with Crippen molar-refractivity contribution in [2.24, 2.45) is 0 Å². The van der Waals surface area contributed by atoms with Gasteiger partial charge in [-0.3, -0.25) is 4.79 Å². The van der Waals surface area contributed by atoms with E-state index < -0.39 is 18.1 Å². The van der Waals surface area contributed by atoms with Crippen LogP contribution in [0.3, 0.4) is 0 Å². The number of alkyl carbamates (subject to hydrolysis) is 1. The van der Waals surface area contributed by atoms with Crippen molar-refractivity contribution in [2.75, 3.05) is 7.11 Å². The molecule has 0 aromatic heterocycles. The Morgan fingerprint density at radius 2 is 1.87 bits per heavy atom. The summed E-state index contributed by atoms with van der Waals surface area (Å²) >= 11 is 0. The first-order chi connectivity index (χ1) is 11.1. The molecular formula is C17H23NO5. The molecule has 1 rings (SSSR count). The molecule has 1 N–H and O–H groups in total. The van der Waals surface area contributed by atoms with Gasteiger partial charge in [0, 0.05) is 12.8 Å². The highest BCUT2D eigenvalue weighted by atomic mass is 16.6. The molecule has 0 spiro atoms. The van der Waals surface area contributed by atoms with Crippen LogP contribution in [0.2, 0.25) is 0 Å². The number of esters is 1. The van der Waals surface area contributed by atoms with Crippen molar-refractivity contribution in [3.63, 3.8) is 0 Å². The zero-order valence-electron chi connectivity index (χ0n) is 13.5. The first-order valence-corrected chi connectivity index (χ1v) is 7.63.